The lowest BCUT2D eigenvalue weighted by atomic mass is 10.1. The first-order chi connectivity index (χ1) is 9.61. The molecule has 0 amide bonds. The van der Waals surface area contributed by atoms with E-state index in [4.69, 9.17) is 11.6 Å². The molecular weight excluding hydrogens is 292 g/mol. The first kappa shape index (κ1) is 15.5. The fraction of sp³-hybridized carbons (Fsp3) is 0.533. The summed E-state index contributed by atoms with van der Waals surface area (Å²) < 4.78 is 2.81. The molecule has 1 heterocycles. The molecule has 0 unspecified atom stereocenters. The van der Waals surface area contributed by atoms with Gasteiger partial charge in [0.1, 0.15) is 0 Å². The van der Waals surface area contributed by atoms with Gasteiger partial charge in [-0.05, 0) is 50.6 Å². The first-order valence-corrected chi connectivity index (χ1v) is 8.30. The zero-order valence-corrected chi connectivity index (χ0v) is 13.6. The summed E-state index contributed by atoms with van der Waals surface area (Å²) in [5, 5.41) is 0. The van der Waals surface area contributed by atoms with Crippen molar-refractivity contribution in [1.82, 2.24) is 9.47 Å². The molecule has 0 saturated carbocycles. The van der Waals surface area contributed by atoms with E-state index < -0.39 is 0 Å². The maximum Gasteiger partial charge on any atom is 0.307 e. The van der Waals surface area contributed by atoms with E-state index in [0.717, 1.165) is 29.7 Å². The van der Waals surface area contributed by atoms with Crippen LogP contribution in [-0.2, 0) is 13.5 Å². The molecule has 0 radical (unpaired) electrons. The van der Waals surface area contributed by atoms with Crippen LogP contribution in [0.3, 0.4) is 0 Å². The summed E-state index contributed by atoms with van der Waals surface area (Å²) in [5.41, 5.74) is 2.35. The summed E-state index contributed by atoms with van der Waals surface area (Å²) in [6.07, 6.45) is 3.41. The molecule has 0 spiro atoms. The molecule has 0 fully saturated rings. The molecule has 2 rings (SSSR count). The van der Waals surface area contributed by atoms with Gasteiger partial charge in [0.25, 0.3) is 0 Å². The van der Waals surface area contributed by atoms with E-state index >= 15 is 0 Å². The summed E-state index contributed by atoms with van der Waals surface area (Å²) in [4.78, 5) is 14.0. The highest BCUT2D eigenvalue weighted by atomic mass is 35.5. The number of alkyl halides is 1. The standard InChI is InChI=1S/C15H21ClN2OS/c1-17(10-8-16)9-4-3-5-12-6-7-13-14(11-12)20-15(19)18(13)2/h6-7,11H,3-5,8-10H2,1-2H3. The predicted molar refractivity (Wildman–Crippen MR) is 88.2 cm³/mol. The van der Waals surface area contributed by atoms with Gasteiger partial charge < -0.3 is 9.47 Å². The fourth-order valence-electron chi connectivity index (χ4n) is 2.30. The van der Waals surface area contributed by atoms with Gasteiger partial charge in [-0.25, -0.2) is 0 Å². The Hall–Kier alpha value is -0.840. The van der Waals surface area contributed by atoms with Crippen molar-refractivity contribution in [2.45, 2.75) is 19.3 Å². The maximum absolute atomic E-state index is 11.6. The third-order valence-electron chi connectivity index (χ3n) is 3.58. The smallest absolute Gasteiger partial charge is 0.305 e. The average molecular weight is 313 g/mol. The van der Waals surface area contributed by atoms with Crippen LogP contribution in [0.2, 0.25) is 0 Å². The van der Waals surface area contributed by atoms with E-state index in [9.17, 15) is 4.79 Å². The summed E-state index contributed by atoms with van der Waals surface area (Å²) in [5.74, 6) is 0.695. The highest BCUT2D eigenvalue weighted by Gasteiger charge is 2.05. The summed E-state index contributed by atoms with van der Waals surface area (Å²) in [7, 11) is 3.93. The molecule has 1 aromatic heterocycles. The van der Waals surface area contributed by atoms with E-state index in [1.807, 2.05) is 7.05 Å². The van der Waals surface area contributed by atoms with Crippen molar-refractivity contribution < 1.29 is 0 Å². The Morgan fingerprint density at radius 2 is 2.10 bits per heavy atom. The van der Waals surface area contributed by atoms with Crippen LogP contribution in [0.1, 0.15) is 18.4 Å². The van der Waals surface area contributed by atoms with Crippen LogP contribution in [-0.4, -0.2) is 35.5 Å². The lowest BCUT2D eigenvalue weighted by Crippen LogP contribution is -2.21. The van der Waals surface area contributed by atoms with Gasteiger partial charge in [0.05, 0.1) is 10.2 Å². The number of hydrogen-bond acceptors (Lipinski definition) is 3. The lowest BCUT2D eigenvalue weighted by molar-refractivity contribution is 0.345. The normalized spacial score (nSPS) is 11.6. The highest BCUT2D eigenvalue weighted by molar-refractivity contribution is 7.16. The minimum atomic E-state index is 0.111. The number of aromatic nitrogens is 1. The molecule has 0 aliphatic carbocycles. The van der Waals surface area contributed by atoms with Crippen LogP contribution in [0.25, 0.3) is 10.2 Å². The predicted octanol–water partition coefficient (Wildman–Crippen LogP) is 3.09. The monoisotopic (exact) mass is 312 g/mol. The van der Waals surface area contributed by atoms with E-state index in [1.54, 1.807) is 4.57 Å². The molecule has 5 heteroatoms. The van der Waals surface area contributed by atoms with Gasteiger partial charge in [0.2, 0.25) is 0 Å². The zero-order valence-electron chi connectivity index (χ0n) is 12.1. The number of aryl methyl sites for hydroxylation is 2. The van der Waals surface area contributed by atoms with Gasteiger partial charge >= 0.3 is 4.87 Å². The average Bonchev–Trinajstić information content (AvgIpc) is 2.70. The van der Waals surface area contributed by atoms with E-state index in [0.29, 0.717) is 5.88 Å². The van der Waals surface area contributed by atoms with Crippen LogP contribution in [0.4, 0.5) is 0 Å². The number of nitrogens with zero attached hydrogens (tertiary/aromatic N) is 2. The van der Waals surface area contributed by atoms with E-state index in [1.165, 1.54) is 29.7 Å². The Morgan fingerprint density at radius 1 is 1.30 bits per heavy atom. The third kappa shape index (κ3) is 3.84. The summed E-state index contributed by atoms with van der Waals surface area (Å²) >= 11 is 7.04. The molecule has 1 aromatic carbocycles. The number of benzene rings is 1. The Balaban J connectivity index is 1.89. The van der Waals surface area contributed by atoms with Gasteiger partial charge in [-0.2, -0.15) is 0 Å². The van der Waals surface area contributed by atoms with E-state index in [2.05, 4.69) is 30.1 Å². The molecule has 0 aliphatic rings. The second-order valence-corrected chi connectivity index (χ2v) is 6.55. The van der Waals surface area contributed by atoms with Crippen molar-refractivity contribution in [1.29, 1.82) is 0 Å². The number of halogens is 1. The number of thiazole rings is 1. The van der Waals surface area contributed by atoms with Crippen molar-refractivity contribution in [2.24, 2.45) is 7.05 Å². The van der Waals surface area contributed by atoms with Crippen molar-refractivity contribution in [3.63, 3.8) is 0 Å². The Bertz CT molecular complexity index is 620. The molecule has 3 nitrogen and oxygen atoms in total. The fourth-order valence-corrected chi connectivity index (χ4v) is 3.53. The van der Waals surface area contributed by atoms with Gasteiger partial charge in [-0.1, -0.05) is 17.4 Å². The first-order valence-electron chi connectivity index (χ1n) is 6.95. The van der Waals surface area contributed by atoms with Crippen LogP contribution >= 0.6 is 22.9 Å². The third-order valence-corrected chi connectivity index (χ3v) is 4.74. The molecule has 0 atom stereocenters. The highest BCUT2D eigenvalue weighted by Crippen LogP contribution is 2.19. The summed E-state index contributed by atoms with van der Waals surface area (Å²) in [6, 6.07) is 6.35. The maximum atomic E-state index is 11.6. The van der Waals surface area contributed by atoms with Crippen molar-refractivity contribution >= 4 is 33.2 Å². The second kappa shape index (κ2) is 7.25. The Labute approximate surface area is 128 Å². The topological polar surface area (TPSA) is 25.2 Å². The Kier molecular flexibility index (Phi) is 5.64. The lowest BCUT2D eigenvalue weighted by Gasteiger charge is -2.14. The van der Waals surface area contributed by atoms with Crippen molar-refractivity contribution in [3.05, 3.63) is 33.4 Å². The second-order valence-electron chi connectivity index (χ2n) is 5.18. The zero-order chi connectivity index (χ0) is 14.5. The molecule has 20 heavy (non-hydrogen) atoms. The molecule has 2 aromatic rings. The SMILES string of the molecule is CN(CCCl)CCCCc1ccc2c(c1)sc(=O)n2C. The van der Waals surface area contributed by atoms with E-state index in [-0.39, 0.29) is 4.87 Å². The number of hydrogen-bond donors (Lipinski definition) is 0. The van der Waals surface area contributed by atoms with Crippen LogP contribution < -0.4 is 4.87 Å². The number of rotatable bonds is 7. The molecular formula is C15H21ClN2OS. The van der Waals surface area contributed by atoms with Crippen molar-refractivity contribution in [2.75, 3.05) is 26.0 Å². The molecule has 0 aliphatic heterocycles. The van der Waals surface area contributed by atoms with Gasteiger partial charge in [-0.3, -0.25) is 4.79 Å². The number of unbranched alkanes of at least 4 members (excludes halogenated alkanes) is 1. The molecule has 0 bridgehead atoms. The molecule has 0 saturated heterocycles. The number of fused-ring (bicyclic) bond motifs is 1. The minimum Gasteiger partial charge on any atom is -0.305 e. The van der Waals surface area contributed by atoms with Crippen LogP contribution in [0, 0.1) is 0 Å². The van der Waals surface area contributed by atoms with Crippen LogP contribution in [0.15, 0.2) is 23.0 Å². The molecule has 0 N–H and O–H groups in total. The van der Waals surface area contributed by atoms with Gasteiger partial charge in [0.15, 0.2) is 0 Å². The Morgan fingerprint density at radius 3 is 2.85 bits per heavy atom. The molecule has 110 valence electrons. The minimum absolute atomic E-state index is 0.111. The quantitative estimate of drug-likeness (QED) is 0.580. The summed E-state index contributed by atoms with van der Waals surface area (Å²) in [6.45, 7) is 2.04. The largest absolute Gasteiger partial charge is 0.307 e. The van der Waals surface area contributed by atoms with Crippen LogP contribution in [0.5, 0.6) is 0 Å². The van der Waals surface area contributed by atoms with Gasteiger partial charge in [0, 0.05) is 19.5 Å². The van der Waals surface area contributed by atoms with Gasteiger partial charge in [-0.15, -0.1) is 11.6 Å². The van der Waals surface area contributed by atoms with Crippen molar-refractivity contribution in [3.8, 4) is 0 Å².